The first-order chi connectivity index (χ1) is 9.16. The van der Waals surface area contributed by atoms with Crippen LogP contribution in [0.3, 0.4) is 0 Å². The Bertz CT molecular complexity index is 601. The molecule has 7 heteroatoms. The maximum atomic E-state index is 13.4. The normalized spacial score (nSPS) is 23.2. The van der Waals surface area contributed by atoms with Gasteiger partial charge in [0.15, 0.2) is 11.6 Å². The number of carboxylic acids is 1. The van der Waals surface area contributed by atoms with Crippen molar-refractivity contribution in [2.75, 3.05) is 5.32 Å². The number of nitrogens with one attached hydrogen (secondary N) is 1. The lowest BCUT2D eigenvalue weighted by atomic mass is 10.1. The molecular formula is C13H12F3NO3. The van der Waals surface area contributed by atoms with Gasteiger partial charge in [-0.05, 0) is 5.41 Å². The van der Waals surface area contributed by atoms with Crippen LogP contribution in [0.15, 0.2) is 12.1 Å². The topological polar surface area (TPSA) is 66.4 Å². The van der Waals surface area contributed by atoms with Crippen molar-refractivity contribution in [3.8, 4) is 0 Å². The monoisotopic (exact) mass is 287 g/mol. The maximum Gasteiger partial charge on any atom is 0.307 e. The molecule has 2 rings (SSSR count). The third-order valence-corrected chi connectivity index (χ3v) is 3.63. The van der Waals surface area contributed by atoms with Gasteiger partial charge in [-0.1, -0.05) is 13.8 Å². The van der Waals surface area contributed by atoms with Crippen LogP contribution in [0.4, 0.5) is 18.9 Å². The van der Waals surface area contributed by atoms with E-state index >= 15 is 0 Å². The molecule has 0 saturated heterocycles. The Morgan fingerprint density at radius 3 is 2.30 bits per heavy atom. The summed E-state index contributed by atoms with van der Waals surface area (Å²) in [5.74, 6) is -7.53. The van der Waals surface area contributed by atoms with Crippen molar-refractivity contribution < 1.29 is 27.9 Å². The van der Waals surface area contributed by atoms with E-state index in [1.807, 2.05) is 5.32 Å². The van der Waals surface area contributed by atoms with Crippen LogP contribution >= 0.6 is 0 Å². The number of hydrogen-bond donors (Lipinski definition) is 2. The van der Waals surface area contributed by atoms with Crippen molar-refractivity contribution in [3.05, 3.63) is 29.6 Å². The second-order valence-electron chi connectivity index (χ2n) is 5.35. The van der Waals surface area contributed by atoms with Crippen molar-refractivity contribution in [2.45, 2.75) is 13.8 Å². The second-order valence-corrected chi connectivity index (χ2v) is 5.35. The van der Waals surface area contributed by atoms with Gasteiger partial charge in [-0.25, -0.2) is 13.2 Å². The molecule has 2 unspecified atom stereocenters. The molecule has 20 heavy (non-hydrogen) atoms. The van der Waals surface area contributed by atoms with E-state index in [4.69, 9.17) is 5.11 Å². The van der Waals surface area contributed by atoms with Crippen molar-refractivity contribution in [1.82, 2.24) is 0 Å². The Balaban J connectivity index is 2.20. The van der Waals surface area contributed by atoms with Crippen molar-refractivity contribution in [3.63, 3.8) is 0 Å². The zero-order chi connectivity index (χ0) is 15.2. The van der Waals surface area contributed by atoms with E-state index in [0.29, 0.717) is 12.1 Å². The van der Waals surface area contributed by atoms with Crippen molar-refractivity contribution in [1.29, 1.82) is 0 Å². The molecule has 0 spiro atoms. The first kappa shape index (κ1) is 14.4. The Morgan fingerprint density at radius 2 is 1.80 bits per heavy atom. The van der Waals surface area contributed by atoms with Crippen LogP contribution in [0.25, 0.3) is 0 Å². The molecule has 1 aliphatic rings. The van der Waals surface area contributed by atoms with Crippen LogP contribution in [-0.4, -0.2) is 17.0 Å². The largest absolute Gasteiger partial charge is 0.481 e. The summed E-state index contributed by atoms with van der Waals surface area (Å²) in [5, 5.41) is 11.0. The van der Waals surface area contributed by atoms with E-state index in [0.717, 1.165) is 0 Å². The summed E-state index contributed by atoms with van der Waals surface area (Å²) in [4.78, 5) is 22.8. The summed E-state index contributed by atoms with van der Waals surface area (Å²) in [7, 11) is 0. The number of anilines is 1. The predicted molar refractivity (Wildman–Crippen MR) is 63.3 cm³/mol. The third kappa shape index (κ3) is 2.23. The minimum atomic E-state index is -1.43. The lowest BCUT2D eigenvalue weighted by molar-refractivity contribution is -0.140. The zero-order valence-corrected chi connectivity index (χ0v) is 10.7. The van der Waals surface area contributed by atoms with Gasteiger partial charge in [-0.2, -0.15) is 0 Å². The van der Waals surface area contributed by atoms with Gasteiger partial charge >= 0.3 is 5.97 Å². The Labute approximate surface area is 112 Å². The fraction of sp³-hybridized carbons (Fsp3) is 0.385. The molecule has 1 aromatic rings. The van der Waals surface area contributed by atoms with E-state index in [1.165, 1.54) is 0 Å². The van der Waals surface area contributed by atoms with E-state index in [1.54, 1.807) is 13.8 Å². The van der Waals surface area contributed by atoms with Gasteiger partial charge in [0.05, 0.1) is 17.5 Å². The van der Waals surface area contributed by atoms with E-state index in [-0.39, 0.29) is 0 Å². The summed E-state index contributed by atoms with van der Waals surface area (Å²) in [6, 6.07) is 0.994. The molecule has 0 heterocycles. The van der Waals surface area contributed by atoms with Gasteiger partial charge < -0.3 is 10.4 Å². The first-order valence-corrected chi connectivity index (χ1v) is 5.84. The average Bonchev–Trinajstić information content (AvgIpc) is 2.89. The minimum absolute atomic E-state index is 0.353. The Hall–Kier alpha value is -2.05. The second kappa shape index (κ2) is 4.50. The molecule has 1 aromatic carbocycles. The molecule has 2 atom stereocenters. The van der Waals surface area contributed by atoms with Gasteiger partial charge in [0.2, 0.25) is 5.91 Å². The number of amides is 1. The number of carboxylic acid groups (broad SMARTS) is 1. The van der Waals surface area contributed by atoms with Gasteiger partial charge in [-0.15, -0.1) is 0 Å². The summed E-state index contributed by atoms with van der Waals surface area (Å²) < 4.78 is 39.4. The highest BCUT2D eigenvalue weighted by Gasteiger charge is 2.65. The van der Waals surface area contributed by atoms with Crippen LogP contribution < -0.4 is 5.32 Å². The van der Waals surface area contributed by atoms with Crippen LogP contribution in [0.1, 0.15) is 13.8 Å². The lowest BCUT2D eigenvalue weighted by Crippen LogP contribution is -2.19. The molecule has 0 aliphatic heterocycles. The van der Waals surface area contributed by atoms with Crippen LogP contribution in [-0.2, 0) is 9.59 Å². The molecule has 2 N–H and O–H groups in total. The number of carbonyl (C=O) groups excluding carboxylic acids is 1. The van der Waals surface area contributed by atoms with Gasteiger partial charge in [0.25, 0.3) is 0 Å². The molecular weight excluding hydrogens is 275 g/mol. The van der Waals surface area contributed by atoms with Gasteiger partial charge in [-0.3, -0.25) is 9.59 Å². The molecule has 1 amide bonds. The number of aliphatic carboxylic acids is 1. The number of halogens is 3. The van der Waals surface area contributed by atoms with E-state index in [2.05, 4.69) is 0 Å². The molecule has 4 nitrogen and oxygen atoms in total. The maximum absolute atomic E-state index is 13.4. The highest BCUT2D eigenvalue weighted by atomic mass is 19.2. The molecule has 1 aliphatic carbocycles. The van der Waals surface area contributed by atoms with E-state index < -0.39 is 52.3 Å². The summed E-state index contributed by atoms with van der Waals surface area (Å²) in [5.41, 5.74) is -1.42. The van der Waals surface area contributed by atoms with Gasteiger partial charge in [0.1, 0.15) is 5.82 Å². The fourth-order valence-corrected chi connectivity index (χ4v) is 2.45. The average molecular weight is 287 g/mol. The number of rotatable bonds is 3. The minimum Gasteiger partial charge on any atom is -0.481 e. The van der Waals surface area contributed by atoms with Gasteiger partial charge in [0, 0.05) is 12.1 Å². The lowest BCUT2D eigenvalue weighted by Gasteiger charge is -2.08. The molecule has 0 radical (unpaired) electrons. The zero-order valence-electron chi connectivity index (χ0n) is 10.7. The number of benzene rings is 1. The fourth-order valence-electron chi connectivity index (χ4n) is 2.45. The van der Waals surface area contributed by atoms with Crippen molar-refractivity contribution >= 4 is 17.6 Å². The van der Waals surface area contributed by atoms with Crippen LogP contribution in [0, 0.1) is 34.7 Å². The summed E-state index contributed by atoms with van der Waals surface area (Å²) in [6.45, 7) is 3.16. The summed E-state index contributed by atoms with van der Waals surface area (Å²) >= 11 is 0. The molecule has 108 valence electrons. The number of hydrogen-bond acceptors (Lipinski definition) is 2. The smallest absolute Gasteiger partial charge is 0.307 e. The highest BCUT2D eigenvalue weighted by molar-refractivity contribution is 5.99. The summed E-state index contributed by atoms with van der Waals surface area (Å²) in [6.07, 6.45) is 0. The standard InChI is InChI=1S/C13H12F3NO3/c1-13(2)8(9(13)12(19)20)11(18)17-7-4-5(14)3-6(15)10(7)16/h3-4,8-9H,1-2H3,(H,17,18)(H,19,20). The van der Waals surface area contributed by atoms with Crippen molar-refractivity contribution in [2.24, 2.45) is 17.3 Å². The molecule has 0 bridgehead atoms. The molecule has 1 saturated carbocycles. The molecule has 1 fully saturated rings. The van der Waals surface area contributed by atoms with Crippen LogP contribution in [0.2, 0.25) is 0 Å². The highest BCUT2D eigenvalue weighted by Crippen LogP contribution is 2.58. The quantitative estimate of drug-likeness (QED) is 0.839. The SMILES string of the molecule is CC1(C)C(C(=O)O)C1C(=O)Nc1cc(F)cc(F)c1F. The molecule has 0 aromatic heterocycles. The Kier molecular flexibility index (Phi) is 3.23. The first-order valence-electron chi connectivity index (χ1n) is 5.84. The predicted octanol–water partition coefficient (Wildman–Crippen LogP) is 2.40. The third-order valence-electron chi connectivity index (χ3n) is 3.63. The van der Waals surface area contributed by atoms with Crippen LogP contribution in [0.5, 0.6) is 0 Å². The van der Waals surface area contributed by atoms with E-state index in [9.17, 15) is 22.8 Å². The number of carbonyl (C=O) groups is 2. The Morgan fingerprint density at radius 1 is 1.20 bits per heavy atom.